The van der Waals surface area contributed by atoms with Gasteiger partial charge in [0.2, 0.25) is 0 Å². The first kappa shape index (κ1) is 12.2. The van der Waals surface area contributed by atoms with E-state index < -0.39 is 0 Å². The van der Waals surface area contributed by atoms with Crippen molar-refractivity contribution in [3.05, 3.63) is 27.2 Å². The quantitative estimate of drug-likeness (QED) is 0.928. The summed E-state index contributed by atoms with van der Waals surface area (Å²) in [7, 11) is 0. The highest BCUT2D eigenvalue weighted by Gasteiger charge is 2.13. The largest absolute Gasteiger partial charge is 0.296 e. The Kier molecular flexibility index (Phi) is 3.54. The first-order valence-corrected chi connectivity index (χ1v) is 7.01. The summed E-state index contributed by atoms with van der Waals surface area (Å²) in [4.78, 5) is 20.3. The van der Waals surface area contributed by atoms with Crippen molar-refractivity contribution >= 4 is 33.7 Å². The third-order valence-corrected chi connectivity index (χ3v) is 4.11. The molecule has 0 fully saturated rings. The molecular weight excluding hydrogens is 254 g/mol. The molecule has 90 valence electrons. The summed E-state index contributed by atoms with van der Waals surface area (Å²) in [6.07, 6.45) is 0. The molecule has 0 bridgehead atoms. The van der Waals surface area contributed by atoms with E-state index in [-0.39, 0.29) is 5.91 Å². The molecule has 2 rings (SSSR count). The van der Waals surface area contributed by atoms with E-state index in [1.807, 2.05) is 12.3 Å². The zero-order valence-electron chi connectivity index (χ0n) is 9.85. The highest BCUT2D eigenvalue weighted by atomic mass is 32.1. The molecular formula is C11H13N3OS2. The van der Waals surface area contributed by atoms with Crippen molar-refractivity contribution in [2.45, 2.75) is 26.7 Å². The van der Waals surface area contributed by atoms with Crippen molar-refractivity contribution in [1.29, 1.82) is 0 Å². The average Bonchev–Trinajstić information content (AvgIpc) is 2.86. The fourth-order valence-corrected chi connectivity index (χ4v) is 2.73. The van der Waals surface area contributed by atoms with Gasteiger partial charge in [0.05, 0.1) is 10.7 Å². The van der Waals surface area contributed by atoms with Crippen LogP contribution in [-0.4, -0.2) is 15.9 Å². The van der Waals surface area contributed by atoms with Gasteiger partial charge >= 0.3 is 0 Å². The maximum absolute atomic E-state index is 11.9. The maximum Gasteiger partial charge on any atom is 0.276 e. The number of carbonyl (C=O) groups excluding carboxylic acids is 1. The van der Waals surface area contributed by atoms with Crippen LogP contribution in [0.15, 0.2) is 10.8 Å². The van der Waals surface area contributed by atoms with Crippen molar-refractivity contribution in [3.63, 3.8) is 0 Å². The van der Waals surface area contributed by atoms with E-state index in [4.69, 9.17) is 0 Å². The van der Waals surface area contributed by atoms with Gasteiger partial charge in [-0.1, -0.05) is 13.8 Å². The predicted molar refractivity (Wildman–Crippen MR) is 71.0 cm³/mol. The number of thiazole rings is 2. The fourth-order valence-electron chi connectivity index (χ4n) is 1.23. The van der Waals surface area contributed by atoms with Crippen LogP contribution in [0.4, 0.5) is 5.13 Å². The van der Waals surface area contributed by atoms with Gasteiger partial charge in [0, 0.05) is 16.7 Å². The molecule has 0 aliphatic carbocycles. The summed E-state index contributed by atoms with van der Waals surface area (Å²) < 4.78 is 0. The molecule has 6 heteroatoms. The van der Waals surface area contributed by atoms with Crippen LogP contribution in [0.2, 0.25) is 0 Å². The predicted octanol–water partition coefficient (Wildman–Crippen LogP) is 3.28. The Bertz CT molecular complexity index is 530. The van der Waals surface area contributed by atoms with Crippen LogP contribution in [0.3, 0.4) is 0 Å². The number of hydrogen-bond acceptors (Lipinski definition) is 5. The number of nitrogens with one attached hydrogen (secondary N) is 1. The number of amides is 1. The van der Waals surface area contributed by atoms with Crippen LogP contribution in [0, 0.1) is 6.92 Å². The molecule has 0 radical (unpaired) electrons. The van der Waals surface area contributed by atoms with Crippen LogP contribution >= 0.6 is 22.7 Å². The Balaban J connectivity index is 2.09. The smallest absolute Gasteiger partial charge is 0.276 e. The van der Waals surface area contributed by atoms with Gasteiger partial charge in [-0.25, -0.2) is 9.97 Å². The van der Waals surface area contributed by atoms with E-state index >= 15 is 0 Å². The van der Waals surface area contributed by atoms with Crippen molar-refractivity contribution in [1.82, 2.24) is 9.97 Å². The van der Waals surface area contributed by atoms with Gasteiger partial charge in [-0.2, -0.15) is 0 Å². The Morgan fingerprint density at radius 1 is 1.29 bits per heavy atom. The van der Waals surface area contributed by atoms with Gasteiger partial charge in [0.15, 0.2) is 5.13 Å². The molecule has 0 aliphatic heterocycles. The van der Waals surface area contributed by atoms with E-state index in [9.17, 15) is 4.79 Å². The molecule has 1 amide bonds. The standard InChI is InChI=1S/C11H13N3OS2/c1-6(2)10-13-8(5-16-10)9(15)14-11-12-7(3)4-17-11/h4-6H,1-3H3,(H,12,14,15). The van der Waals surface area contributed by atoms with Crippen molar-refractivity contribution in [3.8, 4) is 0 Å². The number of nitrogens with zero attached hydrogens (tertiary/aromatic N) is 2. The van der Waals surface area contributed by atoms with E-state index in [0.29, 0.717) is 16.7 Å². The van der Waals surface area contributed by atoms with Gasteiger partial charge in [-0.3, -0.25) is 10.1 Å². The molecule has 2 heterocycles. The molecule has 4 nitrogen and oxygen atoms in total. The SMILES string of the molecule is Cc1csc(NC(=O)c2csc(C(C)C)n2)n1. The Hall–Kier alpha value is -1.27. The van der Waals surface area contributed by atoms with Crippen molar-refractivity contribution in [2.75, 3.05) is 5.32 Å². The minimum Gasteiger partial charge on any atom is -0.296 e. The Morgan fingerprint density at radius 3 is 2.59 bits per heavy atom. The fraction of sp³-hybridized carbons (Fsp3) is 0.364. The zero-order valence-corrected chi connectivity index (χ0v) is 11.5. The highest BCUT2D eigenvalue weighted by Crippen LogP contribution is 2.20. The van der Waals surface area contributed by atoms with Gasteiger partial charge in [0.25, 0.3) is 5.91 Å². The number of rotatable bonds is 3. The molecule has 0 aliphatic rings. The van der Waals surface area contributed by atoms with Crippen LogP contribution in [0.25, 0.3) is 0 Å². The number of anilines is 1. The molecule has 1 N–H and O–H groups in total. The van der Waals surface area contributed by atoms with Crippen LogP contribution < -0.4 is 5.32 Å². The number of aryl methyl sites for hydroxylation is 1. The summed E-state index contributed by atoms with van der Waals surface area (Å²) >= 11 is 2.93. The normalized spacial score (nSPS) is 10.8. The van der Waals surface area contributed by atoms with Crippen LogP contribution in [0.1, 0.15) is 41.0 Å². The molecule has 0 aromatic carbocycles. The molecule has 0 saturated carbocycles. The molecule has 0 spiro atoms. The highest BCUT2D eigenvalue weighted by molar-refractivity contribution is 7.14. The summed E-state index contributed by atoms with van der Waals surface area (Å²) in [5, 5.41) is 8.02. The van der Waals surface area contributed by atoms with Crippen LogP contribution in [0.5, 0.6) is 0 Å². The minimum absolute atomic E-state index is 0.192. The van der Waals surface area contributed by atoms with Gasteiger partial charge < -0.3 is 0 Å². The number of aromatic nitrogens is 2. The van der Waals surface area contributed by atoms with Gasteiger partial charge in [-0.05, 0) is 6.92 Å². The summed E-state index contributed by atoms with van der Waals surface area (Å²) in [6, 6.07) is 0. The number of carbonyl (C=O) groups is 1. The molecule has 0 saturated heterocycles. The maximum atomic E-state index is 11.9. The van der Waals surface area contributed by atoms with Crippen LogP contribution in [-0.2, 0) is 0 Å². The first-order chi connectivity index (χ1) is 8.06. The number of hydrogen-bond donors (Lipinski definition) is 1. The Morgan fingerprint density at radius 2 is 2.06 bits per heavy atom. The molecule has 17 heavy (non-hydrogen) atoms. The lowest BCUT2D eigenvalue weighted by molar-refractivity contribution is 0.102. The second-order valence-corrected chi connectivity index (χ2v) is 5.72. The molecule has 0 atom stereocenters. The topological polar surface area (TPSA) is 54.9 Å². The third-order valence-electron chi connectivity index (χ3n) is 2.09. The van der Waals surface area contributed by atoms with Crippen molar-refractivity contribution < 1.29 is 4.79 Å². The van der Waals surface area contributed by atoms with E-state index in [0.717, 1.165) is 10.7 Å². The van der Waals surface area contributed by atoms with E-state index in [2.05, 4.69) is 29.1 Å². The lowest BCUT2D eigenvalue weighted by Gasteiger charge is -1.98. The summed E-state index contributed by atoms with van der Waals surface area (Å²) in [5.41, 5.74) is 1.37. The third kappa shape index (κ3) is 2.89. The lowest BCUT2D eigenvalue weighted by atomic mass is 10.2. The first-order valence-electron chi connectivity index (χ1n) is 5.25. The molecule has 2 aromatic rings. The van der Waals surface area contributed by atoms with Gasteiger partial charge in [0.1, 0.15) is 5.69 Å². The Labute approximate surface area is 108 Å². The minimum atomic E-state index is -0.192. The second-order valence-electron chi connectivity index (χ2n) is 3.97. The van der Waals surface area contributed by atoms with E-state index in [1.54, 1.807) is 5.38 Å². The molecule has 2 aromatic heterocycles. The van der Waals surface area contributed by atoms with E-state index in [1.165, 1.54) is 22.7 Å². The van der Waals surface area contributed by atoms with Gasteiger partial charge in [-0.15, -0.1) is 22.7 Å². The summed E-state index contributed by atoms with van der Waals surface area (Å²) in [5.74, 6) is 0.158. The lowest BCUT2D eigenvalue weighted by Crippen LogP contribution is -2.12. The molecule has 0 unspecified atom stereocenters. The average molecular weight is 267 g/mol. The second kappa shape index (κ2) is 4.93. The van der Waals surface area contributed by atoms with Crippen molar-refractivity contribution in [2.24, 2.45) is 0 Å². The summed E-state index contributed by atoms with van der Waals surface area (Å²) in [6.45, 7) is 6.02. The monoisotopic (exact) mass is 267 g/mol. The zero-order chi connectivity index (χ0) is 12.4.